The van der Waals surface area contributed by atoms with Crippen molar-refractivity contribution in [2.24, 2.45) is 5.16 Å². The molecule has 0 amide bonds. The number of halogens is 2. The molecule has 0 spiro atoms. The van der Waals surface area contributed by atoms with Crippen molar-refractivity contribution in [2.45, 2.75) is 0 Å². The predicted octanol–water partition coefficient (Wildman–Crippen LogP) is 5.81. The molecule has 0 fully saturated rings. The largest absolute Gasteiger partial charge is 0.411 e. The lowest BCUT2D eigenvalue weighted by molar-refractivity contribution is 0.322. The van der Waals surface area contributed by atoms with Crippen LogP contribution in [0.5, 0.6) is 0 Å². The van der Waals surface area contributed by atoms with Crippen LogP contribution in [0.3, 0.4) is 0 Å². The molecule has 4 rings (SSSR count). The number of para-hydroxylation sites is 1. The van der Waals surface area contributed by atoms with Gasteiger partial charge in [-0.05, 0) is 47.5 Å². The van der Waals surface area contributed by atoms with Gasteiger partial charge in [0.05, 0.1) is 27.3 Å². The van der Waals surface area contributed by atoms with E-state index in [1.165, 1.54) is 10.9 Å². The van der Waals surface area contributed by atoms with Gasteiger partial charge in [-0.15, -0.1) is 0 Å². The van der Waals surface area contributed by atoms with E-state index in [9.17, 15) is 4.79 Å². The zero-order valence-corrected chi connectivity index (χ0v) is 17.1. The van der Waals surface area contributed by atoms with E-state index in [4.69, 9.17) is 28.4 Å². The third kappa shape index (κ3) is 3.49. The number of aromatic nitrogens is 2. The number of hydrogen-bond acceptors (Lipinski definition) is 4. The van der Waals surface area contributed by atoms with E-state index in [1.54, 1.807) is 36.4 Å². The van der Waals surface area contributed by atoms with Crippen molar-refractivity contribution in [3.8, 4) is 16.9 Å². The van der Waals surface area contributed by atoms with Crippen LogP contribution in [0.15, 0.2) is 77.2 Å². The van der Waals surface area contributed by atoms with Crippen LogP contribution in [0.1, 0.15) is 11.1 Å². The molecule has 5 nitrogen and oxygen atoms in total. The topological polar surface area (TPSA) is 67.5 Å². The van der Waals surface area contributed by atoms with Gasteiger partial charge in [0.25, 0.3) is 5.56 Å². The molecule has 1 heterocycles. The molecule has 0 saturated heterocycles. The Bertz CT molecular complexity index is 1360. The summed E-state index contributed by atoms with van der Waals surface area (Å²) in [7, 11) is 0. The number of fused-ring (bicyclic) bond motifs is 1. The Hall–Kier alpha value is -3.41. The van der Waals surface area contributed by atoms with Crippen LogP contribution in [-0.4, -0.2) is 21.2 Å². The fraction of sp³-hybridized carbons (Fsp3) is 0. The fourth-order valence-electron chi connectivity index (χ4n) is 3.32. The third-order valence-corrected chi connectivity index (χ3v) is 5.26. The highest BCUT2D eigenvalue weighted by molar-refractivity contribution is 6.37. The maximum Gasteiger partial charge on any atom is 0.279 e. The first-order chi connectivity index (χ1) is 14.5. The minimum Gasteiger partial charge on any atom is -0.411 e. The summed E-state index contributed by atoms with van der Waals surface area (Å²) in [5.74, 6) is 0. The smallest absolute Gasteiger partial charge is 0.279 e. The lowest BCUT2D eigenvalue weighted by atomic mass is 10.00. The van der Waals surface area contributed by atoms with Crippen LogP contribution in [-0.2, 0) is 0 Å². The molecule has 0 atom stereocenters. The molecule has 0 unspecified atom stereocenters. The molecule has 0 aliphatic heterocycles. The van der Waals surface area contributed by atoms with Crippen molar-refractivity contribution in [1.29, 1.82) is 0 Å². The number of benzene rings is 3. The lowest BCUT2D eigenvalue weighted by Gasteiger charge is -2.14. The molecule has 1 aromatic heterocycles. The Morgan fingerprint density at radius 2 is 1.63 bits per heavy atom. The summed E-state index contributed by atoms with van der Waals surface area (Å²) in [5, 5.41) is 18.5. The molecule has 0 radical (unpaired) electrons. The zero-order valence-electron chi connectivity index (χ0n) is 15.6. The van der Waals surface area contributed by atoms with Gasteiger partial charge in [0.2, 0.25) is 0 Å². The highest BCUT2D eigenvalue weighted by Gasteiger charge is 2.17. The van der Waals surface area contributed by atoms with Gasteiger partial charge in [-0.25, -0.2) is 0 Å². The van der Waals surface area contributed by atoms with E-state index < -0.39 is 0 Å². The zero-order chi connectivity index (χ0) is 21.3. The first-order valence-electron chi connectivity index (χ1n) is 8.95. The van der Waals surface area contributed by atoms with Crippen LogP contribution in [0.25, 0.3) is 33.8 Å². The maximum atomic E-state index is 13.2. The molecular weight excluding hydrogens is 421 g/mol. The van der Waals surface area contributed by atoms with Gasteiger partial charge in [-0.3, -0.25) is 4.79 Å². The molecule has 30 heavy (non-hydrogen) atoms. The number of hydrogen-bond donors (Lipinski definition) is 1. The van der Waals surface area contributed by atoms with Gasteiger partial charge in [0.15, 0.2) is 0 Å². The summed E-state index contributed by atoms with van der Waals surface area (Å²) in [6.45, 7) is 3.81. The number of rotatable bonds is 4. The molecule has 1 N–H and O–H groups in total. The maximum absolute atomic E-state index is 13.2. The quantitative estimate of drug-likeness (QED) is 0.249. The van der Waals surface area contributed by atoms with Crippen molar-refractivity contribution >= 4 is 46.3 Å². The average Bonchev–Trinajstić information content (AvgIpc) is 2.75. The molecular formula is C23H15Cl2N3O2. The third-order valence-electron chi connectivity index (χ3n) is 4.65. The summed E-state index contributed by atoms with van der Waals surface area (Å²) >= 11 is 12.7. The molecule has 7 heteroatoms. The fourth-order valence-corrected chi connectivity index (χ4v) is 3.88. The molecule has 4 aromatic rings. The molecule has 3 aromatic carbocycles. The van der Waals surface area contributed by atoms with Crippen LogP contribution in [0.2, 0.25) is 10.0 Å². The molecule has 0 bridgehead atoms. The SMILES string of the molecule is C=Cc1cc(C=NO)cc(-c2nn(-c3c(Cl)cccc3Cl)c(=O)c3ccccc23)c1. The summed E-state index contributed by atoms with van der Waals surface area (Å²) < 4.78 is 1.22. The Balaban J connectivity index is 2.12. The summed E-state index contributed by atoms with van der Waals surface area (Å²) in [6.07, 6.45) is 3.00. The van der Waals surface area contributed by atoms with Gasteiger partial charge >= 0.3 is 0 Å². The standard InChI is InChI=1S/C23H15Cl2N3O2/c1-2-14-10-15(13-26-30)12-16(11-14)21-17-6-3-4-7-18(17)23(29)28(27-21)22-19(24)8-5-9-20(22)25/h2-13,30H,1H2. The first-order valence-corrected chi connectivity index (χ1v) is 9.71. The van der Waals surface area contributed by atoms with E-state index >= 15 is 0 Å². The highest BCUT2D eigenvalue weighted by atomic mass is 35.5. The number of oxime groups is 1. The van der Waals surface area contributed by atoms with Gasteiger partial charge in [0.1, 0.15) is 5.69 Å². The Morgan fingerprint density at radius 1 is 0.967 bits per heavy atom. The number of nitrogens with zero attached hydrogens (tertiary/aromatic N) is 3. The van der Waals surface area contributed by atoms with Gasteiger partial charge < -0.3 is 5.21 Å². The normalized spacial score (nSPS) is 11.3. The van der Waals surface area contributed by atoms with Crippen molar-refractivity contribution in [2.75, 3.05) is 0 Å². The average molecular weight is 436 g/mol. The second-order valence-corrected chi connectivity index (χ2v) is 7.33. The van der Waals surface area contributed by atoms with E-state index in [0.29, 0.717) is 37.8 Å². The lowest BCUT2D eigenvalue weighted by Crippen LogP contribution is -2.23. The Kier molecular flexibility index (Phi) is 5.40. The van der Waals surface area contributed by atoms with Gasteiger partial charge in [-0.2, -0.15) is 9.78 Å². The minimum absolute atomic E-state index is 0.311. The van der Waals surface area contributed by atoms with Crippen LogP contribution < -0.4 is 5.56 Å². The van der Waals surface area contributed by atoms with Crippen molar-refractivity contribution < 1.29 is 5.21 Å². The molecule has 0 saturated carbocycles. The molecule has 148 valence electrons. The van der Waals surface area contributed by atoms with Crippen LogP contribution in [0, 0.1) is 0 Å². The highest BCUT2D eigenvalue weighted by Crippen LogP contribution is 2.31. The van der Waals surface area contributed by atoms with E-state index in [1.807, 2.05) is 30.3 Å². The van der Waals surface area contributed by atoms with Crippen molar-refractivity contribution in [1.82, 2.24) is 9.78 Å². The van der Waals surface area contributed by atoms with Crippen LogP contribution in [0.4, 0.5) is 0 Å². The minimum atomic E-state index is -0.332. The van der Waals surface area contributed by atoms with Gasteiger partial charge in [-0.1, -0.05) is 65.3 Å². The Labute approximate surface area is 182 Å². The Morgan fingerprint density at radius 3 is 2.30 bits per heavy atom. The molecule has 0 aliphatic rings. The predicted molar refractivity (Wildman–Crippen MR) is 122 cm³/mol. The second kappa shape index (κ2) is 8.14. The van der Waals surface area contributed by atoms with E-state index in [-0.39, 0.29) is 5.56 Å². The van der Waals surface area contributed by atoms with Gasteiger partial charge in [0, 0.05) is 10.9 Å². The monoisotopic (exact) mass is 435 g/mol. The second-order valence-electron chi connectivity index (χ2n) is 6.52. The van der Waals surface area contributed by atoms with E-state index in [0.717, 1.165) is 11.1 Å². The summed E-state index contributed by atoms with van der Waals surface area (Å²) in [4.78, 5) is 13.2. The molecule has 0 aliphatic carbocycles. The van der Waals surface area contributed by atoms with Crippen molar-refractivity contribution in [3.05, 3.63) is 98.8 Å². The first kappa shape index (κ1) is 19.9. The van der Waals surface area contributed by atoms with Crippen LogP contribution >= 0.6 is 23.2 Å². The van der Waals surface area contributed by atoms with Crippen molar-refractivity contribution in [3.63, 3.8) is 0 Å². The van der Waals surface area contributed by atoms with E-state index in [2.05, 4.69) is 16.8 Å². The summed E-state index contributed by atoms with van der Waals surface area (Å²) in [6, 6.07) is 17.7. The summed E-state index contributed by atoms with van der Waals surface area (Å²) in [5.41, 5.74) is 2.72.